The Morgan fingerprint density at radius 1 is 1.34 bits per heavy atom. The molecule has 1 unspecified atom stereocenters. The van der Waals surface area contributed by atoms with Gasteiger partial charge in [-0.15, -0.1) is 0 Å². The number of aromatic nitrogens is 1. The van der Waals surface area contributed by atoms with Gasteiger partial charge in [-0.3, -0.25) is 13.9 Å². The number of nitrogens with one attached hydrogen (secondary N) is 4. The van der Waals surface area contributed by atoms with Gasteiger partial charge in [-0.2, -0.15) is 0 Å². The van der Waals surface area contributed by atoms with Crippen LogP contribution < -0.4 is 25.7 Å². The maximum atomic E-state index is 12.6. The van der Waals surface area contributed by atoms with Crippen LogP contribution in [0.3, 0.4) is 0 Å². The number of rotatable bonds is 11. The summed E-state index contributed by atoms with van der Waals surface area (Å²) in [6.07, 6.45) is 3.83. The summed E-state index contributed by atoms with van der Waals surface area (Å²) in [4.78, 5) is 21.9. The quantitative estimate of drug-likeness (QED) is 0.284. The fraction of sp³-hybridized carbons (Fsp3) is 0.300. The van der Waals surface area contributed by atoms with Gasteiger partial charge in [-0.1, -0.05) is 18.2 Å². The van der Waals surface area contributed by atoms with Crippen LogP contribution in [0.15, 0.2) is 43.2 Å². The SMILES string of the molecule is C=CNC(C)Nc1cc(Nc2ccc(Cl)cc2N(C)S(C)(=O)=O)c(C(=O)NOCC)cn1. The van der Waals surface area contributed by atoms with Crippen LogP contribution in [0.1, 0.15) is 24.2 Å². The van der Waals surface area contributed by atoms with Crippen molar-refractivity contribution in [3.63, 3.8) is 0 Å². The third kappa shape index (κ3) is 6.74. The van der Waals surface area contributed by atoms with Crippen LogP contribution in [-0.2, 0) is 14.9 Å². The Morgan fingerprint density at radius 2 is 2.06 bits per heavy atom. The molecule has 10 nitrogen and oxygen atoms in total. The van der Waals surface area contributed by atoms with Crippen molar-refractivity contribution in [1.29, 1.82) is 0 Å². The minimum Gasteiger partial charge on any atom is -0.372 e. The van der Waals surface area contributed by atoms with E-state index in [1.807, 2.05) is 6.92 Å². The summed E-state index contributed by atoms with van der Waals surface area (Å²) in [6, 6.07) is 6.38. The van der Waals surface area contributed by atoms with Gasteiger partial charge in [0.15, 0.2) is 0 Å². The molecule has 0 fully saturated rings. The highest BCUT2D eigenvalue weighted by Crippen LogP contribution is 2.34. The van der Waals surface area contributed by atoms with Crippen molar-refractivity contribution in [3.05, 3.63) is 53.8 Å². The summed E-state index contributed by atoms with van der Waals surface area (Å²) in [5.74, 6) is -0.0491. The van der Waals surface area contributed by atoms with Crippen molar-refractivity contribution >= 4 is 50.4 Å². The zero-order chi connectivity index (χ0) is 23.9. The number of sulfonamides is 1. The van der Waals surface area contributed by atoms with E-state index in [1.165, 1.54) is 19.3 Å². The van der Waals surface area contributed by atoms with Crippen molar-refractivity contribution in [2.45, 2.75) is 20.0 Å². The highest BCUT2D eigenvalue weighted by molar-refractivity contribution is 7.92. The lowest BCUT2D eigenvalue weighted by atomic mass is 10.2. The van der Waals surface area contributed by atoms with E-state index in [0.29, 0.717) is 27.9 Å². The normalized spacial score (nSPS) is 11.9. The van der Waals surface area contributed by atoms with Gasteiger partial charge in [-0.25, -0.2) is 18.9 Å². The van der Waals surface area contributed by atoms with E-state index in [4.69, 9.17) is 16.4 Å². The van der Waals surface area contributed by atoms with Gasteiger partial charge in [0.25, 0.3) is 5.91 Å². The summed E-state index contributed by atoms with van der Waals surface area (Å²) in [6.45, 7) is 7.51. The first kappa shape index (κ1) is 25.2. The molecular formula is C20H27ClN6O4S. The Kier molecular flexibility index (Phi) is 8.70. The molecule has 0 bridgehead atoms. The second-order valence-electron chi connectivity index (χ2n) is 6.73. The largest absolute Gasteiger partial charge is 0.372 e. The summed E-state index contributed by atoms with van der Waals surface area (Å²) in [7, 11) is -2.15. The molecular weight excluding hydrogens is 456 g/mol. The molecule has 1 aromatic heterocycles. The molecule has 174 valence electrons. The first-order valence-corrected chi connectivity index (χ1v) is 11.9. The Bertz CT molecular complexity index is 1080. The molecule has 12 heteroatoms. The number of nitrogens with zero attached hydrogens (tertiary/aromatic N) is 2. The Morgan fingerprint density at radius 3 is 2.69 bits per heavy atom. The minimum absolute atomic E-state index is 0.182. The zero-order valence-electron chi connectivity index (χ0n) is 18.3. The van der Waals surface area contributed by atoms with Crippen LogP contribution in [0.2, 0.25) is 5.02 Å². The number of hydrogen-bond donors (Lipinski definition) is 4. The molecule has 2 rings (SSSR count). The smallest absolute Gasteiger partial charge is 0.278 e. The van der Waals surface area contributed by atoms with Crippen LogP contribution >= 0.6 is 11.6 Å². The average Bonchev–Trinajstić information content (AvgIpc) is 2.72. The van der Waals surface area contributed by atoms with Gasteiger partial charge in [0.1, 0.15) is 5.82 Å². The Hall–Kier alpha value is -3.02. The van der Waals surface area contributed by atoms with Crippen LogP contribution in [0.5, 0.6) is 0 Å². The zero-order valence-corrected chi connectivity index (χ0v) is 19.8. The second-order valence-corrected chi connectivity index (χ2v) is 9.18. The minimum atomic E-state index is -3.56. The fourth-order valence-electron chi connectivity index (χ4n) is 2.65. The van der Waals surface area contributed by atoms with Crippen molar-refractivity contribution in [2.75, 3.05) is 34.8 Å². The van der Waals surface area contributed by atoms with Crippen LogP contribution in [0.25, 0.3) is 0 Å². The van der Waals surface area contributed by atoms with E-state index in [1.54, 1.807) is 31.3 Å². The molecule has 0 aliphatic heterocycles. The second kappa shape index (κ2) is 11.0. The number of hydrogen-bond acceptors (Lipinski definition) is 8. The molecule has 0 radical (unpaired) electrons. The van der Waals surface area contributed by atoms with Crippen molar-refractivity contribution in [2.24, 2.45) is 0 Å². The van der Waals surface area contributed by atoms with E-state index in [2.05, 4.69) is 33.0 Å². The Labute approximate surface area is 193 Å². The van der Waals surface area contributed by atoms with E-state index in [-0.39, 0.29) is 18.3 Å². The van der Waals surface area contributed by atoms with Crippen molar-refractivity contribution in [3.8, 4) is 0 Å². The summed E-state index contributed by atoms with van der Waals surface area (Å²) in [5, 5.41) is 9.59. The molecule has 0 aliphatic carbocycles. The number of amides is 1. The molecule has 32 heavy (non-hydrogen) atoms. The molecule has 0 spiro atoms. The number of carbonyl (C=O) groups is 1. The van der Waals surface area contributed by atoms with E-state index >= 15 is 0 Å². The molecule has 1 atom stereocenters. The first-order chi connectivity index (χ1) is 15.1. The number of carbonyl (C=O) groups excluding carboxylic acids is 1. The monoisotopic (exact) mass is 482 g/mol. The molecule has 0 saturated carbocycles. The predicted octanol–water partition coefficient (Wildman–Crippen LogP) is 3.05. The highest BCUT2D eigenvalue weighted by atomic mass is 35.5. The molecule has 1 heterocycles. The third-order valence-corrected chi connectivity index (χ3v) is 5.68. The topological polar surface area (TPSA) is 125 Å². The molecule has 2 aromatic rings. The van der Waals surface area contributed by atoms with Crippen LogP contribution in [-0.4, -0.2) is 45.4 Å². The van der Waals surface area contributed by atoms with E-state index in [9.17, 15) is 13.2 Å². The van der Waals surface area contributed by atoms with Gasteiger partial charge in [0.2, 0.25) is 10.0 Å². The lowest BCUT2D eigenvalue weighted by Crippen LogP contribution is -2.29. The standard InChI is InChI=1S/C20H27ClN6O4S/c1-6-22-13(3)24-19-11-17(15(12-23-19)20(28)26-31-7-2)25-16-9-8-14(21)10-18(16)27(4)32(5,29)30/h6,8-13,22H,1,7H2,2-5H3,(H,26,28)(H2,23,24,25). The molecule has 4 N–H and O–H groups in total. The molecule has 0 aliphatic rings. The maximum Gasteiger partial charge on any atom is 0.278 e. The van der Waals surface area contributed by atoms with Gasteiger partial charge < -0.3 is 16.0 Å². The van der Waals surface area contributed by atoms with Gasteiger partial charge in [0, 0.05) is 24.3 Å². The summed E-state index contributed by atoms with van der Waals surface area (Å²) >= 11 is 6.10. The van der Waals surface area contributed by atoms with Gasteiger partial charge >= 0.3 is 0 Å². The molecule has 0 saturated heterocycles. The van der Waals surface area contributed by atoms with Crippen LogP contribution in [0, 0.1) is 0 Å². The fourth-order valence-corrected chi connectivity index (χ4v) is 3.32. The van der Waals surface area contributed by atoms with Gasteiger partial charge in [0.05, 0.1) is 41.7 Å². The summed E-state index contributed by atoms with van der Waals surface area (Å²) in [5.41, 5.74) is 3.62. The first-order valence-electron chi connectivity index (χ1n) is 9.63. The number of anilines is 4. The predicted molar refractivity (Wildman–Crippen MR) is 128 cm³/mol. The molecule has 1 aromatic carbocycles. The van der Waals surface area contributed by atoms with Crippen molar-refractivity contribution < 1.29 is 18.0 Å². The Balaban J connectivity index is 2.52. The number of hydroxylamine groups is 1. The van der Waals surface area contributed by atoms with Crippen LogP contribution in [0.4, 0.5) is 22.9 Å². The van der Waals surface area contributed by atoms with E-state index in [0.717, 1.165) is 10.6 Å². The number of halogens is 1. The summed E-state index contributed by atoms with van der Waals surface area (Å²) < 4.78 is 25.3. The van der Waals surface area contributed by atoms with E-state index < -0.39 is 15.9 Å². The molecule has 1 amide bonds. The van der Waals surface area contributed by atoms with Gasteiger partial charge in [-0.05, 0) is 38.2 Å². The number of pyridine rings is 1. The lowest BCUT2D eigenvalue weighted by Gasteiger charge is -2.22. The lowest BCUT2D eigenvalue weighted by molar-refractivity contribution is 0.0365. The number of benzene rings is 1. The highest BCUT2D eigenvalue weighted by Gasteiger charge is 2.20. The van der Waals surface area contributed by atoms with Crippen molar-refractivity contribution in [1.82, 2.24) is 15.8 Å². The third-order valence-electron chi connectivity index (χ3n) is 4.26. The average molecular weight is 483 g/mol. The maximum absolute atomic E-state index is 12.6.